The van der Waals surface area contributed by atoms with Gasteiger partial charge >= 0.3 is 0 Å². The van der Waals surface area contributed by atoms with Gasteiger partial charge in [-0.3, -0.25) is 0 Å². The third kappa shape index (κ3) is 1.16. The van der Waals surface area contributed by atoms with Crippen LogP contribution in [0.4, 0.5) is 0 Å². The minimum Gasteiger partial charge on any atom is -0.0622 e. The van der Waals surface area contributed by atoms with Crippen LogP contribution < -0.4 is 0 Å². The highest BCUT2D eigenvalue weighted by atomic mass is 14.3. The molecule has 2 rings (SSSR count). The van der Waals surface area contributed by atoms with E-state index in [4.69, 9.17) is 1.37 Å². The second kappa shape index (κ2) is 2.93. The van der Waals surface area contributed by atoms with Gasteiger partial charge in [0.05, 0.1) is 1.37 Å². The van der Waals surface area contributed by atoms with Crippen LogP contribution in [0.2, 0.25) is 0 Å². The van der Waals surface area contributed by atoms with Gasteiger partial charge in [-0.2, -0.15) is 0 Å². The number of rotatable bonds is 1. The summed E-state index contributed by atoms with van der Waals surface area (Å²) in [5, 5.41) is 0. The minimum atomic E-state index is 0.656. The van der Waals surface area contributed by atoms with E-state index in [-0.39, 0.29) is 0 Å². The molecule has 1 aromatic carbocycles. The van der Waals surface area contributed by atoms with Crippen LogP contribution in [0.15, 0.2) is 24.2 Å². The van der Waals surface area contributed by atoms with Crippen molar-refractivity contribution < 1.29 is 1.37 Å². The topological polar surface area (TPSA) is 0 Å². The fourth-order valence-electron chi connectivity index (χ4n) is 2.21. The Balaban J connectivity index is 2.38. The molecule has 0 radical (unpaired) electrons. The van der Waals surface area contributed by atoms with Gasteiger partial charge in [0.2, 0.25) is 0 Å². The summed E-state index contributed by atoms with van der Waals surface area (Å²) in [5.74, 6) is 1.47. The van der Waals surface area contributed by atoms with Crippen LogP contribution >= 0.6 is 0 Å². The smallest absolute Gasteiger partial charge is 0.0622 e. The van der Waals surface area contributed by atoms with Gasteiger partial charge in [0.25, 0.3) is 0 Å². The summed E-state index contributed by atoms with van der Waals surface area (Å²) in [4.78, 5) is 0. The maximum Gasteiger partial charge on any atom is 0.0623 e. The van der Waals surface area contributed by atoms with E-state index in [9.17, 15) is 0 Å². The van der Waals surface area contributed by atoms with Crippen molar-refractivity contribution >= 4 is 0 Å². The van der Waals surface area contributed by atoms with Crippen molar-refractivity contribution in [2.45, 2.75) is 32.6 Å². The molecule has 0 saturated heterocycles. The van der Waals surface area contributed by atoms with Crippen molar-refractivity contribution in [3.8, 4) is 0 Å². The molecule has 0 spiro atoms. The number of benzene rings is 1. The van der Waals surface area contributed by atoms with Gasteiger partial charge in [0.15, 0.2) is 0 Å². The first-order chi connectivity index (χ1) is 6.18. The lowest BCUT2D eigenvalue weighted by atomic mass is 9.90. The van der Waals surface area contributed by atoms with Gasteiger partial charge < -0.3 is 0 Å². The van der Waals surface area contributed by atoms with E-state index in [1.807, 2.05) is 12.1 Å². The predicted octanol–water partition coefficient (Wildman–Crippen LogP) is 3.37. The summed E-state index contributed by atoms with van der Waals surface area (Å²) in [5.41, 5.74) is 2.90. The van der Waals surface area contributed by atoms with Gasteiger partial charge in [-0.25, -0.2) is 0 Å². The Morgan fingerprint density at radius 3 is 3.08 bits per heavy atom. The van der Waals surface area contributed by atoms with E-state index in [0.29, 0.717) is 6.04 Å². The van der Waals surface area contributed by atoms with E-state index in [2.05, 4.69) is 19.9 Å². The molecule has 0 N–H and O–H groups in total. The number of aryl methyl sites for hydroxylation is 1. The van der Waals surface area contributed by atoms with Crippen LogP contribution in [-0.4, -0.2) is 0 Å². The van der Waals surface area contributed by atoms with Crippen molar-refractivity contribution in [3.63, 3.8) is 0 Å². The van der Waals surface area contributed by atoms with Crippen LogP contribution in [0.3, 0.4) is 0 Å². The molecule has 0 aromatic heterocycles. The zero-order valence-corrected chi connectivity index (χ0v) is 7.80. The van der Waals surface area contributed by atoms with Crippen molar-refractivity contribution in [1.82, 2.24) is 0 Å². The van der Waals surface area contributed by atoms with Crippen molar-refractivity contribution in [2.24, 2.45) is 5.92 Å². The number of hydrogen-bond acceptors (Lipinski definition) is 0. The average Bonchev–Trinajstić information content (AvgIpc) is 2.46. The van der Waals surface area contributed by atoms with E-state index in [0.717, 1.165) is 11.8 Å². The van der Waals surface area contributed by atoms with Crippen LogP contribution in [-0.2, 0) is 6.42 Å². The fraction of sp³-hybridized carbons (Fsp3) is 0.500. The molecule has 0 amide bonds. The number of hydrogen-bond donors (Lipinski definition) is 0. The Bertz CT molecular complexity index is 315. The first-order valence-corrected chi connectivity index (χ1v) is 4.78. The SMILES string of the molecule is [3H]c1ccc2c(c1)CCC2C(C)C. The Hall–Kier alpha value is -0.780. The van der Waals surface area contributed by atoms with Crippen LogP contribution in [0.1, 0.15) is 38.7 Å². The highest BCUT2D eigenvalue weighted by molar-refractivity contribution is 5.34. The molecule has 0 heterocycles. The summed E-state index contributed by atoms with van der Waals surface area (Å²) >= 11 is 0. The third-order valence-corrected chi connectivity index (χ3v) is 2.92. The largest absolute Gasteiger partial charge is 0.0623 e. The van der Waals surface area contributed by atoms with Crippen molar-refractivity contribution in [2.75, 3.05) is 0 Å². The summed E-state index contributed by atoms with van der Waals surface area (Å²) in [6.07, 6.45) is 2.45. The molecule has 1 aromatic rings. The van der Waals surface area contributed by atoms with Gasteiger partial charge in [-0.05, 0) is 35.8 Å². The van der Waals surface area contributed by atoms with Crippen molar-refractivity contribution in [3.05, 3.63) is 35.4 Å². The quantitative estimate of drug-likeness (QED) is 0.594. The highest BCUT2D eigenvalue weighted by Gasteiger charge is 2.23. The Morgan fingerprint density at radius 2 is 2.33 bits per heavy atom. The minimum absolute atomic E-state index is 0.656. The standard InChI is InChI=1S/C12H16/c1-9(2)11-8-7-10-5-3-4-6-12(10)11/h3-6,9,11H,7-8H2,1-2H3/i3T. The third-order valence-electron chi connectivity index (χ3n) is 2.92. The lowest BCUT2D eigenvalue weighted by molar-refractivity contribution is 0.496. The molecule has 1 aliphatic rings. The zero-order chi connectivity index (χ0) is 9.42. The van der Waals surface area contributed by atoms with Gasteiger partial charge in [0, 0.05) is 0 Å². The molecule has 1 atom stereocenters. The normalized spacial score (nSPS) is 22.6. The lowest BCUT2D eigenvalue weighted by Gasteiger charge is -2.14. The first-order valence-electron chi connectivity index (χ1n) is 5.28. The predicted molar refractivity (Wildman–Crippen MR) is 52.3 cm³/mol. The highest BCUT2D eigenvalue weighted by Crippen LogP contribution is 2.37. The zero-order valence-electron chi connectivity index (χ0n) is 8.80. The molecular formula is C12H16. The lowest BCUT2D eigenvalue weighted by Crippen LogP contribution is -2.01. The summed E-state index contributed by atoms with van der Waals surface area (Å²) < 4.78 is 7.54. The molecule has 1 unspecified atom stereocenters. The van der Waals surface area contributed by atoms with Crippen LogP contribution in [0, 0.1) is 5.92 Å². The molecule has 0 fully saturated rings. The first kappa shape index (κ1) is 6.71. The molecule has 12 heavy (non-hydrogen) atoms. The fourth-order valence-corrected chi connectivity index (χ4v) is 2.21. The molecule has 0 bridgehead atoms. The van der Waals surface area contributed by atoms with Gasteiger partial charge in [-0.1, -0.05) is 38.1 Å². The van der Waals surface area contributed by atoms with E-state index in [1.165, 1.54) is 24.0 Å². The average molecular weight is 162 g/mol. The van der Waals surface area contributed by atoms with Gasteiger partial charge in [0.1, 0.15) is 0 Å². The molecule has 0 aliphatic heterocycles. The molecular weight excluding hydrogens is 144 g/mol. The summed E-state index contributed by atoms with van der Waals surface area (Å²) in [6, 6.07) is 6.75. The second-order valence-corrected chi connectivity index (χ2v) is 4.01. The van der Waals surface area contributed by atoms with Crippen LogP contribution in [0.25, 0.3) is 0 Å². The van der Waals surface area contributed by atoms with Crippen LogP contribution in [0.5, 0.6) is 0 Å². The maximum absolute atomic E-state index is 7.54. The molecule has 64 valence electrons. The van der Waals surface area contributed by atoms with E-state index < -0.39 is 0 Å². The van der Waals surface area contributed by atoms with E-state index >= 15 is 0 Å². The molecule has 1 aliphatic carbocycles. The molecule has 0 saturated carbocycles. The summed E-state index contributed by atoms with van der Waals surface area (Å²) in [6.45, 7) is 4.57. The Kier molecular flexibility index (Phi) is 1.64. The monoisotopic (exact) mass is 162 g/mol. The Labute approximate surface area is 76.0 Å². The van der Waals surface area contributed by atoms with E-state index in [1.54, 1.807) is 0 Å². The molecule has 0 nitrogen and oxygen atoms in total. The maximum atomic E-state index is 7.54. The summed E-state index contributed by atoms with van der Waals surface area (Å²) in [7, 11) is 0. The molecule has 0 heteroatoms. The Morgan fingerprint density at radius 1 is 1.50 bits per heavy atom. The number of fused-ring (bicyclic) bond motifs is 1. The second-order valence-electron chi connectivity index (χ2n) is 4.01. The van der Waals surface area contributed by atoms with Crippen molar-refractivity contribution in [1.29, 1.82) is 0 Å². The van der Waals surface area contributed by atoms with Gasteiger partial charge in [-0.15, -0.1) is 0 Å².